The summed E-state index contributed by atoms with van der Waals surface area (Å²) >= 11 is 0. The molecule has 0 atom stereocenters. The Morgan fingerprint density at radius 3 is 2.59 bits per heavy atom. The van der Waals surface area contributed by atoms with Gasteiger partial charge in [0.2, 0.25) is 10.0 Å². The SMILES string of the molecule is O=[N+]([O-])c1cc(S(=O)(=O)N2CCOCC2)ccc1N/N=C\CCc1ccccc1. The number of benzene rings is 2. The van der Waals surface area contributed by atoms with Crippen molar-refractivity contribution in [2.75, 3.05) is 31.7 Å². The highest BCUT2D eigenvalue weighted by Gasteiger charge is 2.28. The van der Waals surface area contributed by atoms with E-state index in [-0.39, 0.29) is 29.4 Å². The van der Waals surface area contributed by atoms with Crippen molar-refractivity contribution in [2.45, 2.75) is 17.7 Å². The summed E-state index contributed by atoms with van der Waals surface area (Å²) in [6.45, 7) is 1.06. The summed E-state index contributed by atoms with van der Waals surface area (Å²) in [5, 5.41) is 15.5. The average Bonchev–Trinajstić information content (AvgIpc) is 2.74. The van der Waals surface area contributed by atoms with Gasteiger partial charge in [-0.3, -0.25) is 15.5 Å². The first-order valence-electron chi connectivity index (χ1n) is 9.16. The first kappa shape index (κ1) is 20.9. The molecule has 1 aliphatic rings. The van der Waals surface area contributed by atoms with Crippen LogP contribution in [0.5, 0.6) is 0 Å². The molecule has 1 fully saturated rings. The highest BCUT2D eigenvalue weighted by atomic mass is 32.2. The lowest BCUT2D eigenvalue weighted by atomic mass is 10.1. The van der Waals surface area contributed by atoms with Gasteiger partial charge in [0.1, 0.15) is 5.69 Å². The quantitative estimate of drug-likeness (QED) is 0.400. The van der Waals surface area contributed by atoms with E-state index in [1.165, 1.54) is 22.0 Å². The second-order valence-electron chi connectivity index (χ2n) is 6.40. The molecule has 10 heteroatoms. The van der Waals surface area contributed by atoms with E-state index in [0.717, 1.165) is 12.5 Å². The number of nitro benzene ring substituents is 1. The lowest BCUT2D eigenvalue weighted by Crippen LogP contribution is -2.40. The Hall–Kier alpha value is -2.82. The molecular formula is C19H22N4O5S. The number of nitrogens with one attached hydrogen (secondary N) is 1. The van der Waals surface area contributed by atoms with Crippen LogP contribution in [0.3, 0.4) is 0 Å². The molecule has 1 N–H and O–H groups in total. The molecule has 1 aliphatic heterocycles. The first-order valence-corrected chi connectivity index (χ1v) is 10.6. The van der Waals surface area contributed by atoms with Crippen molar-refractivity contribution in [3.63, 3.8) is 0 Å². The van der Waals surface area contributed by atoms with Crippen LogP contribution in [0.15, 0.2) is 58.5 Å². The van der Waals surface area contributed by atoms with Crippen LogP contribution in [0.4, 0.5) is 11.4 Å². The Bertz CT molecular complexity index is 973. The monoisotopic (exact) mass is 418 g/mol. The van der Waals surface area contributed by atoms with E-state index in [1.807, 2.05) is 30.3 Å². The Morgan fingerprint density at radius 1 is 1.17 bits per heavy atom. The van der Waals surface area contributed by atoms with Crippen LogP contribution in [0.25, 0.3) is 0 Å². The Morgan fingerprint density at radius 2 is 1.90 bits per heavy atom. The molecule has 0 saturated carbocycles. The minimum atomic E-state index is -3.81. The Labute approximate surface area is 169 Å². The molecule has 0 spiro atoms. The highest BCUT2D eigenvalue weighted by molar-refractivity contribution is 7.89. The Balaban J connectivity index is 1.69. The number of rotatable bonds is 8. The zero-order chi connectivity index (χ0) is 20.7. The molecule has 154 valence electrons. The fourth-order valence-electron chi connectivity index (χ4n) is 2.91. The standard InChI is InChI=1S/C19H22N4O5S/c24-23(25)19-15-17(29(26,27)22-11-13-28-14-12-22)8-9-18(19)21-20-10-4-7-16-5-2-1-3-6-16/h1-3,5-6,8-10,15,21H,4,7,11-14H2/b20-10-. The molecule has 2 aromatic carbocycles. The minimum Gasteiger partial charge on any atom is -0.379 e. The predicted octanol–water partition coefficient (Wildman–Crippen LogP) is 2.65. The molecule has 2 aromatic rings. The fraction of sp³-hybridized carbons (Fsp3) is 0.316. The molecule has 0 aromatic heterocycles. The summed E-state index contributed by atoms with van der Waals surface area (Å²) in [7, 11) is -3.81. The Kier molecular flexibility index (Phi) is 6.91. The first-order chi connectivity index (χ1) is 14.0. The molecule has 3 rings (SSSR count). The van der Waals surface area contributed by atoms with E-state index in [9.17, 15) is 18.5 Å². The summed E-state index contributed by atoms with van der Waals surface area (Å²) in [5.41, 5.74) is 3.59. The van der Waals surface area contributed by atoms with Gasteiger partial charge in [-0.15, -0.1) is 0 Å². The third-order valence-electron chi connectivity index (χ3n) is 4.45. The molecule has 0 bridgehead atoms. The van der Waals surface area contributed by atoms with Crippen LogP contribution in [0, 0.1) is 10.1 Å². The zero-order valence-electron chi connectivity index (χ0n) is 15.7. The third kappa shape index (κ3) is 5.37. The highest BCUT2D eigenvalue weighted by Crippen LogP contribution is 2.29. The topological polar surface area (TPSA) is 114 Å². The number of sulfonamides is 1. The lowest BCUT2D eigenvalue weighted by Gasteiger charge is -2.26. The van der Waals surface area contributed by atoms with Crippen LogP contribution < -0.4 is 5.43 Å². The zero-order valence-corrected chi connectivity index (χ0v) is 16.5. The molecule has 29 heavy (non-hydrogen) atoms. The van der Waals surface area contributed by atoms with Gasteiger partial charge in [0, 0.05) is 25.4 Å². The number of hydrogen-bond donors (Lipinski definition) is 1. The maximum absolute atomic E-state index is 12.7. The fourth-order valence-corrected chi connectivity index (χ4v) is 4.34. The maximum atomic E-state index is 12.7. The van der Waals surface area contributed by atoms with Crippen LogP contribution in [-0.2, 0) is 21.2 Å². The normalized spacial score (nSPS) is 15.4. The van der Waals surface area contributed by atoms with Crippen molar-refractivity contribution in [1.82, 2.24) is 4.31 Å². The molecule has 1 heterocycles. The molecular weight excluding hydrogens is 396 g/mol. The molecule has 9 nitrogen and oxygen atoms in total. The van der Waals surface area contributed by atoms with Crippen molar-refractivity contribution in [2.24, 2.45) is 5.10 Å². The van der Waals surface area contributed by atoms with Gasteiger partial charge in [0.05, 0.1) is 23.0 Å². The van der Waals surface area contributed by atoms with Gasteiger partial charge in [0.15, 0.2) is 0 Å². The van der Waals surface area contributed by atoms with E-state index < -0.39 is 14.9 Å². The van der Waals surface area contributed by atoms with E-state index in [4.69, 9.17) is 4.74 Å². The molecule has 0 aliphatic carbocycles. The minimum absolute atomic E-state index is 0.121. The van der Waals surface area contributed by atoms with Gasteiger partial charge in [-0.25, -0.2) is 8.42 Å². The molecule has 0 unspecified atom stereocenters. The second kappa shape index (κ2) is 9.59. The van der Waals surface area contributed by atoms with Gasteiger partial charge in [-0.2, -0.15) is 9.41 Å². The van der Waals surface area contributed by atoms with Gasteiger partial charge >= 0.3 is 0 Å². The van der Waals surface area contributed by atoms with Crippen LogP contribution in [-0.4, -0.2) is 50.2 Å². The molecule has 1 saturated heterocycles. The van der Waals surface area contributed by atoms with Crippen LogP contribution >= 0.6 is 0 Å². The number of anilines is 1. The van der Waals surface area contributed by atoms with Crippen LogP contribution in [0.2, 0.25) is 0 Å². The van der Waals surface area contributed by atoms with E-state index in [2.05, 4.69) is 10.5 Å². The van der Waals surface area contributed by atoms with Gasteiger partial charge < -0.3 is 4.74 Å². The smallest absolute Gasteiger partial charge is 0.295 e. The maximum Gasteiger partial charge on any atom is 0.295 e. The summed E-state index contributed by atoms with van der Waals surface area (Å²) in [6.07, 6.45) is 3.09. The average molecular weight is 418 g/mol. The largest absolute Gasteiger partial charge is 0.379 e. The predicted molar refractivity (Wildman–Crippen MR) is 110 cm³/mol. The number of hydrogen-bond acceptors (Lipinski definition) is 7. The second-order valence-corrected chi connectivity index (χ2v) is 8.34. The van der Waals surface area contributed by atoms with E-state index in [1.54, 1.807) is 6.21 Å². The van der Waals surface area contributed by atoms with Gasteiger partial charge in [0.25, 0.3) is 5.69 Å². The van der Waals surface area contributed by atoms with Crippen molar-refractivity contribution in [3.8, 4) is 0 Å². The summed E-state index contributed by atoms with van der Waals surface area (Å²) < 4.78 is 31.8. The third-order valence-corrected chi connectivity index (χ3v) is 6.35. The van der Waals surface area contributed by atoms with Gasteiger partial charge in [-0.1, -0.05) is 30.3 Å². The number of nitrogens with zero attached hydrogens (tertiary/aromatic N) is 3. The lowest BCUT2D eigenvalue weighted by molar-refractivity contribution is -0.384. The number of ether oxygens (including phenoxy) is 1. The summed E-state index contributed by atoms with van der Waals surface area (Å²) in [4.78, 5) is 10.7. The number of aryl methyl sites for hydroxylation is 1. The van der Waals surface area contributed by atoms with Crippen molar-refractivity contribution in [3.05, 3.63) is 64.2 Å². The molecule has 0 amide bonds. The van der Waals surface area contributed by atoms with Crippen molar-refractivity contribution < 1.29 is 18.1 Å². The van der Waals surface area contributed by atoms with Crippen molar-refractivity contribution >= 4 is 27.6 Å². The number of nitro groups is 1. The van der Waals surface area contributed by atoms with E-state index in [0.29, 0.717) is 19.6 Å². The van der Waals surface area contributed by atoms with Crippen molar-refractivity contribution in [1.29, 1.82) is 0 Å². The summed E-state index contributed by atoms with van der Waals surface area (Å²) in [6, 6.07) is 13.7. The number of hydrazone groups is 1. The summed E-state index contributed by atoms with van der Waals surface area (Å²) in [5.74, 6) is 0. The van der Waals surface area contributed by atoms with E-state index >= 15 is 0 Å². The molecule has 0 radical (unpaired) electrons. The number of morpholine rings is 1. The van der Waals surface area contributed by atoms with Crippen LogP contribution in [0.1, 0.15) is 12.0 Å². The van der Waals surface area contributed by atoms with Gasteiger partial charge in [-0.05, 0) is 30.5 Å².